The normalized spacial score (nSPS) is 33.5. The maximum absolute atomic E-state index is 13.5. The van der Waals surface area contributed by atoms with Gasteiger partial charge in [0, 0.05) is 5.69 Å². The van der Waals surface area contributed by atoms with Crippen LogP contribution in [0.2, 0.25) is 0 Å². The fraction of sp³-hybridized carbons (Fsp3) is 0.550. The number of hydrogen-bond donors (Lipinski definition) is 1. The molecule has 4 aliphatic rings. The van der Waals surface area contributed by atoms with Crippen LogP contribution in [-0.2, 0) is 10.3 Å². The minimum Gasteiger partial charge on any atom is -0.326 e. The molecule has 0 radical (unpaired) electrons. The Bertz CT molecular complexity index is 1060. The van der Waals surface area contributed by atoms with Gasteiger partial charge in [-0.3, -0.25) is 4.79 Å². The number of benzene rings is 1. The van der Waals surface area contributed by atoms with Gasteiger partial charge in [-0.1, -0.05) is 0 Å². The zero-order valence-electron chi connectivity index (χ0n) is 15.8. The zero-order chi connectivity index (χ0) is 18.9. The molecule has 4 bridgehead atoms. The van der Waals surface area contributed by atoms with Gasteiger partial charge in [-0.05, 0) is 80.7 Å². The van der Waals surface area contributed by atoms with Crippen LogP contribution in [0.3, 0.4) is 0 Å². The second kappa shape index (κ2) is 5.59. The van der Waals surface area contributed by atoms with Crippen molar-refractivity contribution in [1.82, 2.24) is 25.2 Å². The molecule has 4 fully saturated rings. The molecule has 2 heterocycles. The summed E-state index contributed by atoms with van der Waals surface area (Å²) in [6.07, 6.45) is 7.66. The first-order chi connectivity index (χ1) is 13.5. The minimum absolute atomic E-state index is 0.142. The summed E-state index contributed by atoms with van der Waals surface area (Å²) in [7, 11) is 0. The molecular weight excluding hydrogens is 372 g/mol. The van der Waals surface area contributed by atoms with Crippen molar-refractivity contribution in [1.29, 1.82) is 0 Å². The molecule has 4 saturated carbocycles. The maximum atomic E-state index is 13.5. The van der Waals surface area contributed by atoms with Crippen LogP contribution in [0.25, 0.3) is 10.2 Å². The van der Waals surface area contributed by atoms with Gasteiger partial charge in [0.2, 0.25) is 5.91 Å². The van der Waals surface area contributed by atoms with Gasteiger partial charge in [0.1, 0.15) is 0 Å². The number of amides is 1. The highest BCUT2D eigenvalue weighted by atomic mass is 32.1. The van der Waals surface area contributed by atoms with Gasteiger partial charge in [-0.15, -0.1) is 21.5 Å². The van der Waals surface area contributed by atoms with Crippen LogP contribution in [0.1, 0.15) is 43.5 Å². The van der Waals surface area contributed by atoms with Crippen molar-refractivity contribution in [3.8, 4) is 0 Å². The van der Waals surface area contributed by atoms with Gasteiger partial charge in [0.05, 0.1) is 26.2 Å². The van der Waals surface area contributed by atoms with E-state index in [1.54, 1.807) is 16.1 Å². The number of rotatable bonds is 3. The molecule has 28 heavy (non-hydrogen) atoms. The number of tetrazole rings is 1. The molecule has 7 nitrogen and oxygen atoms in total. The number of nitrogens with zero attached hydrogens (tertiary/aromatic N) is 5. The second-order valence-electron chi connectivity index (χ2n) is 9.06. The summed E-state index contributed by atoms with van der Waals surface area (Å²) in [5.74, 6) is 1.31. The largest absolute Gasteiger partial charge is 0.326 e. The average molecular weight is 395 g/mol. The van der Waals surface area contributed by atoms with Crippen molar-refractivity contribution in [2.45, 2.75) is 51.0 Å². The van der Waals surface area contributed by atoms with E-state index < -0.39 is 0 Å². The lowest BCUT2D eigenvalue weighted by molar-refractivity contribution is -0.152. The van der Waals surface area contributed by atoms with Gasteiger partial charge in [-0.2, -0.15) is 4.80 Å². The fourth-order valence-corrected chi connectivity index (χ4v) is 7.35. The molecule has 0 saturated heterocycles. The molecule has 0 spiro atoms. The Hall–Kier alpha value is -2.35. The molecule has 3 aromatic rings. The Morgan fingerprint density at radius 3 is 2.82 bits per heavy atom. The average Bonchev–Trinajstić information content (AvgIpc) is 3.29. The van der Waals surface area contributed by atoms with Crippen LogP contribution in [0.15, 0.2) is 24.5 Å². The Kier molecular flexibility index (Phi) is 3.31. The zero-order valence-corrected chi connectivity index (χ0v) is 16.6. The Morgan fingerprint density at radius 1 is 1.25 bits per heavy atom. The third-order valence-corrected chi connectivity index (χ3v) is 7.97. The standard InChI is InChI=1S/C20H22N6OS/c1-12-23-16-3-2-15(5-17(16)28-12)24-18(27)19-6-13-4-14(7-19)9-20(8-13,10-19)26-22-11-21-25-26/h2-3,5,11,13-14H,4,6-10H2,1H3,(H,24,27). The van der Waals surface area contributed by atoms with E-state index in [1.807, 2.05) is 25.1 Å². The summed E-state index contributed by atoms with van der Waals surface area (Å²) < 4.78 is 1.11. The number of aryl methyl sites for hydroxylation is 1. The minimum atomic E-state index is -0.323. The lowest BCUT2D eigenvalue weighted by atomic mass is 9.46. The first-order valence-corrected chi connectivity index (χ1v) is 10.8. The number of anilines is 1. The Balaban J connectivity index is 1.32. The monoisotopic (exact) mass is 394 g/mol. The van der Waals surface area contributed by atoms with Gasteiger partial charge >= 0.3 is 0 Å². The van der Waals surface area contributed by atoms with E-state index in [2.05, 4.69) is 25.7 Å². The van der Waals surface area contributed by atoms with E-state index in [-0.39, 0.29) is 16.9 Å². The number of carbonyl (C=O) groups excluding carboxylic acids is 1. The third kappa shape index (κ3) is 2.36. The molecule has 144 valence electrons. The van der Waals surface area contributed by atoms with Crippen LogP contribution < -0.4 is 5.32 Å². The number of hydrogen-bond acceptors (Lipinski definition) is 6. The number of fused-ring (bicyclic) bond motifs is 1. The molecule has 2 aromatic heterocycles. The molecule has 8 heteroatoms. The van der Waals surface area contributed by atoms with Gasteiger partial charge in [0.15, 0.2) is 6.33 Å². The molecule has 1 N–H and O–H groups in total. The first kappa shape index (κ1) is 16.6. The van der Waals surface area contributed by atoms with Crippen LogP contribution in [0.5, 0.6) is 0 Å². The van der Waals surface area contributed by atoms with Crippen molar-refractivity contribution in [3.05, 3.63) is 29.5 Å². The van der Waals surface area contributed by atoms with Crippen molar-refractivity contribution in [2.75, 3.05) is 5.32 Å². The predicted octanol–water partition coefficient (Wildman–Crippen LogP) is 3.53. The molecule has 1 amide bonds. The summed E-state index contributed by atoms with van der Waals surface area (Å²) in [5.41, 5.74) is 1.39. The number of nitrogens with one attached hydrogen (secondary N) is 1. The molecule has 0 aliphatic heterocycles. The summed E-state index contributed by atoms with van der Waals surface area (Å²) in [6.45, 7) is 2.01. The number of thiazole rings is 1. The van der Waals surface area contributed by atoms with Gasteiger partial charge in [-0.25, -0.2) is 4.98 Å². The Labute approximate surface area is 166 Å². The van der Waals surface area contributed by atoms with E-state index in [0.717, 1.165) is 53.0 Å². The summed E-state index contributed by atoms with van der Waals surface area (Å²) in [5, 5.41) is 16.8. The van der Waals surface area contributed by atoms with Crippen molar-refractivity contribution < 1.29 is 4.79 Å². The SMILES string of the molecule is Cc1nc2ccc(NC(=O)C34CC5CC(C3)CC(n3ncnn3)(C5)C4)cc2s1. The molecule has 2 atom stereocenters. The lowest BCUT2D eigenvalue weighted by Crippen LogP contribution is -2.60. The van der Waals surface area contributed by atoms with Crippen molar-refractivity contribution in [2.24, 2.45) is 17.3 Å². The summed E-state index contributed by atoms with van der Waals surface area (Å²) in [6, 6.07) is 6.01. The molecule has 4 aliphatic carbocycles. The second-order valence-corrected chi connectivity index (χ2v) is 10.3. The maximum Gasteiger partial charge on any atom is 0.230 e. The van der Waals surface area contributed by atoms with E-state index in [1.165, 1.54) is 12.7 Å². The van der Waals surface area contributed by atoms with Crippen LogP contribution in [0, 0.1) is 24.2 Å². The van der Waals surface area contributed by atoms with Crippen molar-refractivity contribution in [3.63, 3.8) is 0 Å². The molecular formula is C20H22N6OS. The van der Waals surface area contributed by atoms with E-state index >= 15 is 0 Å². The van der Waals surface area contributed by atoms with Gasteiger partial charge in [0.25, 0.3) is 0 Å². The van der Waals surface area contributed by atoms with Crippen LogP contribution >= 0.6 is 11.3 Å². The Morgan fingerprint density at radius 2 is 2.07 bits per heavy atom. The molecule has 2 unspecified atom stereocenters. The molecule has 7 rings (SSSR count). The summed E-state index contributed by atoms with van der Waals surface area (Å²) >= 11 is 1.66. The lowest BCUT2D eigenvalue weighted by Gasteiger charge is -2.60. The predicted molar refractivity (Wildman–Crippen MR) is 106 cm³/mol. The third-order valence-electron chi connectivity index (χ3n) is 7.04. The van der Waals surface area contributed by atoms with E-state index in [4.69, 9.17) is 0 Å². The van der Waals surface area contributed by atoms with Crippen LogP contribution in [-0.4, -0.2) is 31.1 Å². The smallest absolute Gasteiger partial charge is 0.230 e. The highest BCUT2D eigenvalue weighted by molar-refractivity contribution is 7.18. The first-order valence-electron chi connectivity index (χ1n) is 9.96. The highest BCUT2D eigenvalue weighted by Gasteiger charge is 2.62. The highest BCUT2D eigenvalue weighted by Crippen LogP contribution is 2.64. The van der Waals surface area contributed by atoms with Gasteiger partial charge < -0.3 is 5.32 Å². The summed E-state index contributed by atoms with van der Waals surface area (Å²) in [4.78, 5) is 19.8. The number of carbonyl (C=O) groups is 1. The number of aromatic nitrogens is 5. The van der Waals surface area contributed by atoms with Crippen LogP contribution in [0.4, 0.5) is 5.69 Å². The molecule has 1 aromatic carbocycles. The topological polar surface area (TPSA) is 85.6 Å². The van der Waals surface area contributed by atoms with Crippen molar-refractivity contribution >= 4 is 33.1 Å². The van der Waals surface area contributed by atoms with E-state index in [9.17, 15) is 4.79 Å². The fourth-order valence-electron chi connectivity index (χ4n) is 6.48. The van der Waals surface area contributed by atoms with E-state index in [0.29, 0.717) is 11.8 Å². The quantitative estimate of drug-likeness (QED) is 0.734.